The minimum atomic E-state index is -4.02. The molecule has 0 fully saturated rings. The summed E-state index contributed by atoms with van der Waals surface area (Å²) in [6.45, 7) is 0. The number of hydrogen-bond acceptors (Lipinski definition) is 5. The quantitative estimate of drug-likeness (QED) is 0.917. The molecular formula is C12H7ClFN3O3S. The standard InChI is InChI=1S/C12H7ClFN3O3S/c13-12-4-11(18)10(16-17-12)6-21(19,20)9-2-7(5-15)1-8(14)3-9/h1-4H,6H2,(H,17,18). The number of nitrogens with one attached hydrogen (secondary N) is 1. The zero-order valence-corrected chi connectivity index (χ0v) is 11.9. The highest BCUT2D eigenvalue weighted by Gasteiger charge is 2.20. The van der Waals surface area contributed by atoms with Gasteiger partial charge in [0.2, 0.25) is 5.43 Å². The molecule has 0 bridgehead atoms. The summed E-state index contributed by atoms with van der Waals surface area (Å²) in [6.07, 6.45) is 0. The Morgan fingerprint density at radius 1 is 1.33 bits per heavy atom. The maximum atomic E-state index is 13.3. The third kappa shape index (κ3) is 3.45. The predicted molar refractivity (Wildman–Crippen MR) is 71.9 cm³/mol. The van der Waals surface area contributed by atoms with Crippen LogP contribution in [0.3, 0.4) is 0 Å². The van der Waals surface area contributed by atoms with Crippen LogP contribution in [0.2, 0.25) is 5.15 Å². The van der Waals surface area contributed by atoms with E-state index in [1.54, 1.807) is 6.07 Å². The first-order chi connectivity index (χ1) is 9.81. The van der Waals surface area contributed by atoms with Crippen LogP contribution in [-0.4, -0.2) is 18.6 Å². The van der Waals surface area contributed by atoms with Gasteiger partial charge in [0.25, 0.3) is 0 Å². The lowest BCUT2D eigenvalue weighted by atomic mass is 10.2. The Morgan fingerprint density at radius 3 is 2.67 bits per heavy atom. The van der Waals surface area contributed by atoms with Crippen LogP contribution in [0, 0.1) is 17.1 Å². The number of rotatable bonds is 3. The predicted octanol–water partition coefficient (Wildman–Crippen LogP) is 1.41. The fraction of sp³-hybridized carbons (Fsp3) is 0.0833. The molecule has 0 saturated carbocycles. The minimum Gasteiger partial charge on any atom is -0.288 e. The van der Waals surface area contributed by atoms with Crippen molar-refractivity contribution >= 4 is 21.4 Å². The van der Waals surface area contributed by atoms with Crippen molar-refractivity contribution in [2.75, 3.05) is 0 Å². The Hall–Kier alpha value is -2.24. The fourth-order valence-electron chi connectivity index (χ4n) is 1.58. The summed E-state index contributed by atoms with van der Waals surface area (Å²) >= 11 is 5.51. The molecule has 2 aromatic rings. The maximum absolute atomic E-state index is 13.3. The number of nitrogens with zero attached hydrogens (tertiary/aromatic N) is 2. The van der Waals surface area contributed by atoms with Crippen LogP contribution < -0.4 is 5.43 Å². The lowest BCUT2D eigenvalue weighted by molar-refractivity contribution is 0.588. The van der Waals surface area contributed by atoms with E-state index in [2.05, 4.69) is 10.2 Å². The van der Waals surface area contributed by atoms with Crippen molar-refractivity contribution in [2.24, 2.45) is 0 Å². The molecule has 9 heteroatoms. The zero-order valence-electron chi connectivity index (χ0n) is 10.3. The van der Waals surface area contributed by atoms with Gasteiger partial charge in [-0.1, -0.05) is 11.6 Å². The minimum absolute atomic E-state index is 0.0290. The van der Waals surface area contributed by atoms with E-state index < -0.39 is 31.7 Å². The van der Waals surface area contributed by atoms with Gasteiger partial charge in [-0.3, -0.25) is 9.89 Å². The molecule has 0 aliphatic heterocycles. The highest BCUT2D eigenvalue weighted by Crippen LogP contribution is 2.17. The highest BCUT2D eigenvalue weighted by molar-refractivity contribution is 7.90. The van der Waals surface area contributed by atoms with E-state index in [0.29, 0.717) is 0 Å². The maximum Gasteiger partial charge on any atom is 0.205 e. The summed E-state index contributed by atoms with van der Waals surface area (Å²) in [6, 6.07) is 5.37. The Labute approximate surface area is 123 Å². The van der Waals surface area contributed by atoms with Crippen LogP contribution in [0.15, 0.2) is 34.0 Å². The second-order valence-electron chi connectivity index (χ2n) is 4.07. The molecule has 108 valence electrons. The van der Waals surface area contributed by atoms with Gasteiger partial charge in [0.1, 0.15) is 22.4 Å². The monoisotopic (exact) mass is 327 g/mol. The molecule has 1 aromatic heterocycles. The number of halogens is 2. The van der Waals surface area contributed by atoms with E-state index in [4.69, 9.17) is 16.9 Å². The van der Waals surface area contributed by atoms with E-state index in [0.717, 1.165) is 24.3 Å². The Kier molecular flexibility index (Phi) is 4.06. The molecule has 0 unspecified atom stereocenters. The summed E-state index contributed by atoms with van der Waals surface area (Å²) in [5.74, 6) is -1.58. The van der Waals surface area contributed by atoms with E-state index in [1.807, 2.05) is 0 Å². The summed E-state index contributed by atoms with van der Waals surface area (Å²) in [4.78, 5) is 11.2. The van der Waals surface area contributed by atoms with Gasteiger partial charge in [-0.15, -0.1) is 0 Å². The van der Waals surface area contributed by atoms with Crippen LogP contribution in [0.25, 0.3) is 0 Å². The van der Waals surface area contributed by atoms with Crippen molar-refractivity contribution in [2.45, 2.75) is 10.6 Å². The van der Waals surface area contributed by atoms with E-state index in [1.165, 1.54) is 0 Å². The zero-order chi connectivity index (χ0) is 15.6. The summed E-state index contributed by atoms with van der Waals surface area (Å²) in [7, 11) is -4.02. The van der Waals surface area contributed by atoms with Crippen molar-refractivity contribution in [1.82, 2.24) is 10.2 Å². The SMILES string of the molecule is N#Cc1cc(F)cc(S(=O)(=O)Cc2n[nH]c(Cl)cc2=O)c1. The molecule has 0 radical (unpaired) electrons. The fourth-order valence-corrected chi connectivity index (χ4v) is 3.05. The molecular weight excluding hydrogens is 321 g/mol. The van der Waals surface area contributed by atoms with Crippen LogP contribution in [0.1, 0.15) is 11.3 Å². The van der Waals surface area contributed by atoms with Crippen molar-refractivity contribution in [3.05, 3.63) is 56.7 Å². The van der Waals surface area contributed by atoms with E-state index >= 15 is 0 Å². The third-order valence-electron chi connectivity index (χ3n) is 2.53. The van der Waals surface area contributed by atoms with Crippen LogP contribution in [0.4, 0.5) is 4.39 Å². The number of nitriles is 1. The normalized spacial score (nSPS) is 11.1. The van der Waals surface area contributed by atoms with Crippen molar-refractivity contribution in [1.29, 1.82) is 5.26 Å². The first-order valence-electron chi connectivity index (χ1n) is 5.49. The molecule has 6 nitrogen and oxygen atoms in total. The molecule has 21 heavy (non-hydrogen) atoms. The largest absolute Gasteiger partial charge is 0.288 e. The van der Waals surface area contributed by atoms with Crippen molar-refractivity contribution < 1.29 is 12.8 Å². The highest BCUT2D eigenvalue weighted by atomic mass is 35.5. The number of benzene rings is 1. The first-order valence-corrected chi connectivity index (χ1v) is 7.52. The first kappa shape index (κ1) is 15.2. The number of H-pyrrole nitrogens is 1. The molecule has 0 saturated heterocycles. The summed E-state index contributed by atoms with van der Waals surface area (Å²) < 4.78 is 37.6. The molecule has 0 atom stereocenters. The third-order valence-corrected chi connectivity index (χ3v) is 4.33. The van der Waals surface area contributed by atoms with Crippen LogP contribution >= 0.6 is 11.6 Å². The van der Waals surface area contributed by atoms with Crippen LogP contribution in [-0.2, 0) is 15.6 Å². The number of aromatic amines is 1. The lowest BCUT2D eigenvalue weighted by Crippen LogP contribution is -2.17. The van der Waals surface area contributed by atoms with Gasteiger partial charge in [0.15, 0.2) is 9.84 Å². The lowest BCUT2D eigenvalue weighted by Gasteiger charge is -2.04. The number of aromatic nitrogens is 2. The van der Waals surface area contributed by atoms with Gasteiger partial charge in [-0.05, 0) is 18.2 Å². The van der Waals surface area contributed by atoms with Gasteiger partial charge < -0.3 is 0 Å². The number of hydrogen-bond donors (Lipinski definition) is 1. The molecule has 1 N–H and O–H groups in total. The molecule has 0 aliphatic rings. The van der Waals surface area contributed by atoms with Crippen molar-refractivity contribution in [3.8, 4) is 6.07 Å². The Balaban J connectivity index is 2.46. The van der Waals surface area contributed by atoms with Gasteiger partial charge >= 0.3 is 0 Å². The second-order valence-corrected chi connectivity index (χ2v) is 6.47. The number of sulfone groups is 1. The van der Waals surface area contributed by atoms with Crippen LogP contribution in [0.5, 0.6) is 0 Å². The Morgan fingerprint density at radius 2 is 2.05 bits per heavy atom. The molecule has 0 amide bonds. The van der Waals surface area contributed by atoms with Crippen molar-refractivity contribution in [3.63, 3.8) is 0 Å². The molecule has 2 rings (SSSR count). The average molecular weight is 328 g/mol. The van der Waals surface area contributed by atoms with Gasteiger partial charge in [0, 0.05) is 6.07 Å². The molecule has 0 spiro atoms. The topological polar surface area (TPSA) is 104 Å². The molecule has 0 aliphatic carbocycles. The summed E-state index contributed by atoms with van der Waals surface area (Å²) in [5.41, 5.74) is -1.06. The van der Waals surface area contributed by atoms with E-state index in [-0.39, 0.29) is 16.4 Å². The smallest absolute Gasteiger partial charge is 0.205 e. The van der Waals surface area contributed by atoms with Gasteiger partial charge in [0.05, 0.1) is 16.5 Å². The molecule has 1 heterocycles. The summed E-state index contributed by atoms with van der Waals surface area (Å²) in [5, 5.41) is 14.5. The molecule has 1 aromatic carbocycles. The van der Waals surface area contributed by atoms with E-state index in [9.17, 15) is 17.6 Å². The average Bonchev–Trinajstić information content (AvgIpc) is 2.41. The second kappa shape index (κ2) is 5.63. The van der Waals surface area contributed by atoms with Gasteiger partial charge in [-0.25, -0.2) is 12.8 Å². The van der Waals surface area contributed by atoms with Gasteiger partial charge in [-0.2, -0.15) is 10.4 Å². The Bertz CT molecular complexity index is 903.